The second-order valence-corrected chi connectivity index (χ2v) is 1.36. The molecule has 65 valence electrons. The number of halogens is 2. The molecule has 12 heavy (non-hydrogen) atoms. The van der Waals surface area contributed by atoms with E-state index in [0.717, 1.165) is 0 Å². The molecular formula is C3H5Cl2N3NaO3. The van der Waals surface area contributed by atoms with Gasteiger partial charge in [-0.3, -0.25) is 15.0 Å². The Labute approximate surface area is 100 Å². The molecule has 1 radical (unpaired) electrons. The molecule has 1 rings (SSSR count). The number of hydrogen-bond donors (Lipinski definition) is 3. The van der Waals surface area contributed by atoms with Crippen LogP contribution >= 0.6 is 24.8 Å². The zero-order chi connectivity index (χ0) is 6.85. The fraction of sp³-hybridized carbons (Fsp3) is 0. The molecule has 1 aromatic heterocycles. The van der Waals surface area contributed by atoms with Crippen LogP contribution in [0, 0.1) is 0 Å². The van der Waals surface area contributed by atoms with Gasteiger partial charge in [-0.1, -0.05) is 0 Å². The van der Waals surface area contributed by atoms with Crippen LogP contribution < -0.4 is 17.1 Å². The maximum Gasteiger partial charge on any atom is 0.330 e. The Morgan fingerprint density at radius 2 is 0.833 bits per heavy atom. The number of aromatic amines is 3. The smallest absolute Gasteiger partial charge is 0.259 e. The molecule has 0 bridgehead atoms. The Bertz CT molecular complexity index is 289. The van der Waals surface area contributed by atoms with Crippen molar-refractivity contribution in [3.8, 4) is 0 Å². The first-order valence-electron chi connectivity index (χ1n) is 2.11. The summed E-state index contributed by atoms with van der Waals surface area (Å²) < 4.78 is 0. The van der Waals surface area contributed by atoms with Gasteiger partial charge < -0.3 is 0 Å². The fourth-order valence-electron chi connectivity index (χ4n) is 0.403. The number of hydrogen-bond acceptors (Lipinski definition) is 3. The molecule has 6 nitrogen and oxygen atoms in total. The molecule has 1 aromatic rings. The molecular weight excluding hydrogens is 220 g/mol. The van der Waals surface area contributed by atoms with Crippen molar-refractivity contribution < 1.29 is 0 Å². The SMILES string of the molecule is Cl.Cl.O=c1[nH]c(=O)[nH]c(=O)[nH]1.[Na]. The molecule has 3 N–H and O–H groups in total. The maximum atomic E-state index is 10.2. The molecule has 0 aromatic carbocycles. The van der Waals surface area contributed by atoms with Gasteiger partial charge in [-0.05, 0) is 0 Å². The van der Waals surface area contributed by atoms with Crippen LogP contribution in [0.3, 0.4) is 0 Å². The van der Waals surface area contributed by atoms with Gasteiger partial charge in [0.15, 0.2) is 0 Å². The van der Waals surface area contributed by atoms with Crippen LogP contribution in [0.4, 0.5) is 0 Å². The summed E-state index contributed by atoms with van der Waals surface area (Å²) in [4.78, 5) is 35.9. The molecule has 0 aliphatic carbocycles. The molecule has 0 saturated heterocycles. The topological polar surface area (TPSA) is 98.6 Å². The van der Waals surface area contributed by atoms with Crippen molar-refractivity contribution in [1.29, 1.82) is 0 Å². The third-order valence-corrected chi connectivity index (χ3v) is 0.681. The third-order valence-electron chi connectivity index (χ3n) is 0.681. The Balaban J connectivity index is -0.000000270. The van der Waals surface area contributed by atoms with Crippen molar-refractivity contribution in [2.45, 2.75) is 0 Å². The average molecular weight is 225 g/mol. The monoisotopic (exact) mass is 224 g/mol. The minimum Gasteiger partial charge on any atom is -0.259 e. The number of nitrogens with one attached hydrogen (secondary N) is 3. The van der Waals surface area contributed by atoms with Crippen LogP contribution in [-0.4, -0.2) is 44.5 Å². The van der Waals surface area contributed by atoms with Crippen molar-refractivity contribution >= 4 is 54.4 Å². The van der Waals surface area contributed by atoms with Crippen LogP contribution in [-0.2, 0) is 0 Å². The van der Waals surface area contributed by atoms with Crippen molar-refractivity contribution in [3.63, 3.8) is 0 Å². The fourth-order valence-corrected chi connectivity index (χ4v) is 0.403. The molecule has 0 aliphatic heterocycles. The molecule has 0 spiro atoms. The van der Waals surface area contributed by atoms with Crippen molar-refractivity contribution in [2.24, 2.45) is 0 Å². The first-order valence-corrected chi connectivity index (χ1v) is 2.11. The molecule has 9 heteroatoms. The van der Waals surface area contributed by atoms with Crippen LogP contribution in [0.5, 0.6) is 0 Å². The summed E-state index contributed by atoms with van der Waals surface area (Å²) in [6.07, 6.45) is 0. The standard InChI is InChI=1S/C3H3N3O3.2ClH.Na/c7-1-4-2(8)6-3(9)5-1;;;/h(H3,4,5,6,7,8,9);2*1H;. The number of H-pyrrole nitrogens is 3. The van der Waals surface area contributed by atoms with Gasteiger partial charge in [-0.25, -0.2) is 14.4 Å². The van der Waals surface area contributed by atoms with E-state index in [2.05, 4.69) is 0 Å². The Hall–Kier alpha value is -0.0100. The van der Waals surface area contributed by atoms with Crippen molar-refractivity contribution in [2.75, 3.05) is 0 Å². The van der Waals surface area contributed by atoms with E-state index in [1.165, 1.54) is 0 Å². The van der Waals surface area contributed by atoms with Gasteiger partial charge in [-0.15, -0.1) is 24.8 Å². The summed E-state index contributed by atoms with van der Waals surface area (Å²) >= 11 is 0. The summed E-state index contributed by atoms with van der Waals surface area (Å²) in [5.41, 5.74) is -2.41. The zero-order valence-electron chi connectivity index (χ0n) is 6.04. The van der Waals surface area contributed by atoms with Gasteiger partial charge in [0, 0.05) is 29.6 Å². The van der Waals surface area contributed by atoms with Gasteiger partial charge >= 0.3 is 17.1 Å². The first kappa shape index (κ1) is 17.9. The third kappa shape index (κ3) is 5.62. The van der Waals surface area contributed by atoms with Gasteiger partial charge in [0.2, 0.25) is 0 Å². The minimum atomic E-state index is -0.802. The predicted molar refractivity (Wildman–Crippen MR) is 48.6 cm³/mol. The zero-order valence-corrected chi connectivity index (χ0v) is 9.67. The minimum absolute atomic E-state index is 0. The van der Waals surface area contributed by atoms with Crippen LogP contribution in [0.1, 0.15) is 0 Å². The van der Waals surface area contributed by atoms with Gasteiger partial charge in [0.05, 0.1) is 0 Å². The van der Waals surface area contributed by atoms with E-state index in [4.69, 9.17) is 0 Å². The quantitative estimate of drug-likeness (QED) is 0.455. The Morgan fingerprint density at radius 3 is 1.00 bits per heavy atom. The van der Waals surface area contributed by atoms with E-state index in [0.29, 0.717) is 0 Å². The normalized spacial score (nSPS) is 7.00. The predicted octanol–water partition coefficient (Wildman–Crippen LogP) is -1.79. The maximum absolute atomic E-state index is 10.2. The molecule has 0 aliphatic rings. The Kier molecular flexibility index (Phi) is 11.4. The van der Waals surface area contributed by atoms with Crippen molar-refractivity contribution in [3.05, 3.63) is 31.5 Å². The van der Waals surface area contributed by atoms with E-state index in [-0.39, 0.29) is 54.4 Å². The average Bonchev–Trinajstić information content (AvgIpc) is 1.59. The molecule has 0 amide bonds. The van der Waals surface area contributed by atoms with E-state index in [9.17, 15) is 14.4 Å². The van der Waals surface area contributed by atoms with Gasteiger partial charge in [-0.2, -0.15) is 0 Å². The van der Waals surface area contributed by atoms with Crippen LogP contribution in [0.15, 0.2) is 14.4 Å². The Morgan fingerprint density at radius 1 is 0.667 bits per heavy atom. The summed E-state index contributed by atoms with van der Waals surface area (Å²) in [5.74, 6) is 0. The number of rotatable bonds is 0. The largest absolute Gasteiger partial charge is 0.330 e. The molecule has 0 fully saturated rings. The number of aromatic nitrogens is 3. The molecule has 0 atom stereocenters. The second-order valence-electron chi connectivity index (χ2n) is 1.36. The first-order chi connectivity index (χ1) is 4.18. The van der Waals surface area contributed by atoms with Crippen molar-refractivity contribution in [1.82, 2.24) is 15.0 Å². The summed E-state index contributed by atoms with van der Waals surface area (Å²) in [7, 11) is 0. The molecule has 1 heterocycles. The van der Waals surface area contributed by atoms with Crippen LogP contribution in [0.2, 0.25) is 0 Å². The van der Waals surface area contributed by atoms with E-state index in [1.54, 1.807) is 15.0 Å². The van der Waals surface area contributed by atoms with E-state index in [1.807, 2.05) is 0 Å². The van der Waals surface area contributed by atoms with E-state index < -0.39 is 17.1 Å². The summed E-state index contributed by atoms with van der Waals surface area (Å²) in [6.45, 7) is 0. The van der Waals surface area contributed by atoms with Gasteiger partial charge in [0.1, 0.15) is 0 Å². The molecule has 0 unspecified atom stereocenters. The van der Waals surface area contributed by atoms with E-state index >= 15 is 0 Å². The summed E-state index contributed by atoms with van der Waals surface area (Å²) in [6, 6.07) is 0. The van der Waals surface area contributed by atoms with Crippen LogP contribution in [0.25, 0.3) is 0 Å². The molecule has 0 saturated carbocycles. The summed E-state index contributed by atoms with van der Waals surface area (Å²) in [5, 5.41) is 0. The second kappa shape index (κ2) is 7.63. The van der Waals surface area contributed by atoms with Gasteiger partial charge in [0.25, 0.3) is 0 Å².